The molecular weight excluding hydrogens is 340 g/mol. The summed E-state index contributed by atoms with van der Waals surface area (Å²) in [6, 6.07) is 8.11. The van der Waals surface area contributed by atoms with Gasteiger partial charge >= 0.3 is 0 Å². The van der Waals surface area contributed by atoms with E-state index in [1.807, 2.05) is 44.2 Å². The molecule has 0 atom stereocenters. The number of amides is 1. The number of likely N-dealkylation sites (tertiary alicyclic amines) is 1. The molecule has 0 saturated carbocycles. The molecule has 1 aliphatic rings. The highest BCUT2D eigenvalue weighted by Crippen LogP contribution is 2.21. The Balaban J connectivity index is 1.57. The van der Waals surface area contributed by atoms with Gasteiger partial charge in [-0.2, -0.15) is 4.98 Å². The molecule has 1 fully saturated rings. The minimum atomic E-state index is 0.277. The molecule has 0 radical (unpaired) electrons. The molecule has 7 heteroatoms. The summed E-state index contributed by atoms with van der Waals surface area (Å²) < 4.78 is 0. The molecule has 0 spiro atoms. The Morgan fingerprint density at radius 1 is 1.30 bits per heavy atom. The first-order valence-corrected chi connectivity index (χ1v) is 9.42. The Kier molecular flexibility index (Phi) is 6.11. The maximum absolute atomic E-state index is 11.7. The first-order valence-electron chi connectivity index (χ1n) is 9.42. The van der Waals surface area contributed by atoms with Crippen LogP contribution in [-0.4, -0.2) is 54.5 Å². The minimum Gasteiger partial charge on any atom is -0.378 e. The van der Waals surface area contributed by atoms with Crippen LogP contribution in [0, 0.1) is 6.92 Å². The van der Waals surface area contributed by atoms with Gasteiger partial charge in [-0.15, -0.1) is 0 Å². The number of aryl methyl sites for hydroxylation is 1. The van der Waals surface area contributed by atoms with E-state index in [0.29, 0.717) is 12.4 Å². The second-order valence-electron chi connectivity index (χ2n) is 7.06. The van der Waals surface area contributed by atoms with E-state index in [-0.39, 0.29) is 5.91 Å². The van der Waals surface area contributed by atoms with Crippen LogP contribution in [0.1, 0.15) is 24.8 Å². The van der Waals surface area contributed by atoms with E-state index in [1.54, 1.807) is 0 Å². The number of nitrogens with one attached hydrogen (secondary N) is 2. The molecule has 1 saturated heterocycles. The number of rotatable bonds is 8. The average molecular weight is 368 g/mol. The summed E-state index contributed by atoms with van der Waals surface area (Å²) in [5, 5.41) is 6.64. The first-order chi connectivity index (χ1) is 13.0. The van der Waals surface area contributed by atoms with Gasteiger partial charge in [-0.3, -0.25) is 4.79 Å². The quantitative estimate of drug-likeness (QED) is 0.698. The molecular formula is C20H28N6O. The standard InChI is InChI=1S/C20H28N6O/c1-15-14-22-20(23-16-7-4-8-17(13-16)25(2)3)24-19(15)21-10-6-12-26-11-5-9-18(26)27/h4,7-8,13-14H,5-6,9-12H2,1-3H3,(H2,21,22,23,24). The highest BCUT2D eigenvalue weighted by atomic mass is 16.2. The van der Waals surface area contributed by atoms with E-state index < -0.39 is 0 Å². The number of hydrogen-bond donors (Lipinski definition) is 2. The van der Waals surface area contributed by atoms with E-state index >= 15 is 0 Å². The largest absolute Gasteiger partial charge is 0.378 e. The van der Waals surface area contributed by atoms with Gasteiger partial charge in [-0.1, -0.05) is 6.07 Å². The SMILES string of the molecule is Cc1cnc(Nc2cccc(N(C)C)c2)nc1NCCCN1CCCC1=O. The van der Waals surface area contributed by atoms with E-state index in [1.165, 1.54) is 0 Å². The molecule has 1 aromatic heterocycles. The van der Waals surface area contributed by atoms with Gasteiger partial charge in [0.15, 0.2) is 0 Å². The van der Waals surface area contributed by atoms with Crippen molar-refractivity contribution in [1.82, 2.24) is 14.9 Å². The fraction of sp³-hybridized carbons (Fsp3) is 0.450. The van der Waals surface area contributed by atoms with Crippen LogP contribution in [0.2, 0.25) is 0 Å². The third-order valence-corrected chi connectivity index (χ3v) is 4.66. The molecule has 1 amide bonds. The fourth-order valence-corrected chi connectivity index (χ4v) is 3.09. The van der Waals surface area contributed by atoms with Gasteiger partial charge in [-0.25, -0.2) is 4.98 Å². The smallest absolute Gasteiger partial charge is 0.229 e. The summed E-state index contributed by atoms with van der Waals surface area (Å²) in [5.74, 6) is 1.66. The predicted octanol–water partition coefficient (Wildman–Crippen LogP) is 3.02. The van der Waals surface area contributed by atoms with Crippen LogP contribution in [-0.2, 0) is 4.79 Å². The molecule has 1 aliphatic heterocycles. The summed E-state index contributed by atoms with van der Waals surface area (Å²) in [4.78, 5) is 24.6. The fourth-order valence-electron chi connectivity index (χ4n) is 3.09. The lowest BCUT2D eigenvalue weighted by Crippen LogP contribution is -2.27. The van der Waals surface area contributed by atoms with Crippen molar-refractivity contribution in [2.75, 3.05) is 49.3 Å². The van der Waals surface area contributed by atoms with E-state index in [9.17, 15) is 4.79 Å². The predicted molar refractivity (Wildman–Crippen MR) is 110 cm³/mol. The maximum atomic E-state index is 11.7. The molecule has 2 heterocycles. The molecule has 3 rings (SSSR count). The van der Waals surface area contributed by atoms with Gasteiger partial charge in [0, 0.05) is 63.3 Å². The van der Waals surface area contributed by atoms with Crippen LogP contribution >= 0.6 is 0 Å². The summed E-state index contributed by atoms with van der Waals surface area (Å²) in [5.41, 5.74) is 3.06. The summed E-state index contributed by atoms with van der Waals surface area (Å²) >= 11 is 0. The Hall–Kier alpha value is -2.83. The van der Waals surface area contributed by atoms with Crippen LogP contribution in [0.3, 0.4) is 0 Å². The summed E-state index contributed by atoms with van der Waals surface area (Å²) in [6.07, 6.45) is 4.41. The van der Waals surface area contributed by atoms with Crippen molar-refractivity contribution in [2.24, 2.45) is 0 Å². The Morgan fingerprint density at radius 2 is 2.15 bits per heavy atom. The lowest BCUT2D eigenvalue weighted by Gasteiger charge is -2.16. The monoisotopic (exact) mass is 368 g/mol. The van der Waals surface area contributed by atoms with Crippen molar-refractivity contribution in [3.8, 4) is 0 Å². The van der Waals surface area contributed by atoms with E-state index in [0.717, 1.165) is 55.2 Å². The highest BCUT2D eigenvalue weighted by Gasteiger charge is 2.18. The van der Waals surface area contributed by atoms with Gasteiger partial charge in [0.05, 0.1) is 0 Å². The Bertz CT molecular complexity index is 792. The first kappa shape index (κ1) is 18.9. The van der Waals surface area contributed by atoms with Gasteiger partial charge in [0.2, 0.25) is 11.9 Å². The lowest BCUT2D eigenvalue weighted by molar-refractivity contribution is -0.127. The third kappa shape index (κ3) is 5.09. The van der Waals surface area contributed by atoms with Crippen molar-refractivity contribution in [2.45, 2.75) is 26.2 Å². The number of benzene rings is 1. The maximum Gasteiger partial charge on any atom is 0.229 e. The van der Waals surface area contributed by atoms with Crippen LogP contribution in [0.25, 0.3) is 0 Å². The van der Waals surface area contributed by atoms with Crippen LogP contribution < -0.4 is 15.5 Å². The molecule has 0 bridgehead atoms. The average Bonchev–Trinajstić information content (AvgIpc) is 3.06. The molecule has 2 aromatic rings. The van der Waals surface area contributed by atoms with Gasteiger partial charge in [0.25, 0.3) is 0 Å². The van der Waals surface area contributed by atoms with E-state index in [2.05, 4.69) is 37.6 Å². The van der Waals surface area contributed by atoms with Crippen molar-refractivity contribution in [3.05, 3.63) is 36.0 Å². The topological polar surface area (TPSA) is 73.4 Å². The molecule has 2 N–H and O–H groups in total. The van der Waals surface area contributed by atoms with Gasteiger partial charge in [0.1, 0.15) is 5.82 Å². The second-order valence-corrected chi connectivity index (χ2v) is 7.06. The zero-order chi connectivity index (χ0) is 19.2. The lowest BCUT2D eigenvalue weighted by atomic mass is 10.2. The molecule has 27 heavy (non-hydrogen) atoms. The van der Waals surface area contributed by atoms with Crippen LogP contribution in [0.15, 0.2) is 30.5 Å². The number of anilines is 4. The minimum absolute atomic E-state index is 0.277. The highest BCUT2D eigenvalue weighted by molar-refractivity contribution is 5.78. The molecule has 0 aliphatic carbocycles. The zero-order valence-corrected chi connectivity index (χ0v) is 16.3. The zero-order valence-electron chi connectivity index (χ0n) is 16.3. The van der Waals surface area contributed by atoms with Gasteiger partial charge < -0.3 is 20.4 Å². The molecule has 1 aromatic carbocycles. The Labute approximate surface area is 160 Å². The molecule has 144 valence electrons. The Morgan fingerprint density at radius 3 is 2.89 bits per heavy atom. The van der Waals surface area contributed by atoms with Crippen molar-refractivity contribution in [3.63, 3.8) is 0 Å². The summed E-state index contributed by atoms with van der Waals surface area (Å²) in [7, 11) is 4.03. The van der Waals surface area contributed by atoms with Crippen LogP contribution in [0.5, 0.6) is 0 Å². The number of aromatic nitrogens is 2. The van der Waals surface area contributed by atoms with Crippen molar-refractivity contribution >= 4 is 29.0 Å². The molecule has 7 nitrogen and oxygen atoms in total. The number of nitrogens with zero attached hydrogens (tertiary/aromatic N) is 4. The number of hydrogen-bond acceptors (Lipinski definition) is 6. The number of carbonyl (C=O) groups is 1. The second kappa shape index (κ2) is 8.70. The van der Waals surface area contributed by atoms with Crippen LogP contribution in [0.4, 0.5) is 23.1 Å². The third-order valence-electron chi connectivity index (χ3n) is 4.66. The van der Waals surface area contributed by atoms with Crippen molar-refractivity contribution < 1.29 is 4.79 Å². The van der Waals surface area contributed by atoms with Gasteiger partial charge in [-0.05, 0) is 38.0 Å². The normalized spacial score (nSPS) is 13.7. The summed E-state index contributed by atoms with van der Waals surface area (Å²) in [6.45, 7) is 4.46. The number of carbonyl (C=O) groups excluding carboxylic acids is 1. The molecule has 0 unspecified atom stereocenters. The van der Waals surface area contributed by atoms with E-state index in [4.69, 9.17) is 0 Å². The van der Waals surface area contributed by atoms with Crippen molar-refractivity contribution in [1.29, 1.82) is 0 Å².